The Hall–Kier alpha value is -0.0800. The summed E-state index contributed by atoms with van der Waals surface area (Å²) in [6.07, 6.45) is 4.97. The summed E-state index contributed by atoms with van der Waals surface area (Å²) in [6.45, 7) is 4.38. The van der Waals surface area contributed by atoms with Crippen molar-refractivity contribution in [1.82, 2.24) is 0 Å². The average Bonchev–Trinajstić information content (AvgIpc) is 2.24. The zero-order valence-corrected chi connectivity index (χ0v) is 7.97. The first-order chi connectivity index (χ1) is 5.56. The monoisotopic (exact) mass is 170 g/mol. The molecular weight excluding hydrogens is 152 g/mol. The van der Waals surface area contributed by atoms with Crippen LogP contribution in [0.4, 0.5) is 0 Å². The molecule has 2 atom stereocenters. The third kappa shape index (κ3) is 1.09. The molecule has 1 N–H and O–H groups in total. The zero-order valence-electron chi connectivity index (χ0n) is 7.97. The molecular formula is C10H18O2. The molecule has 2 aliphatic heterocycles. The van der Waals surface area contributed by atoms with Crippen LogP contribution in [0.1, 0.15) is 46.0 Å². The van der Waals surface area contributed by atoms with Gasteiger partial charge in [0.2, 0.25) is 0 Å². The van der Waals surface area contributed by atoms with E-state index in [2.05, 4.69) is 13.8 Å². The molecule has 0 unspecified atom stereocenters. The highest BCUT2D eigenvalue weighted by Gasteiger charge is 2.52. The predicted molar refractivity (Wildman–Crippen MR) is 46.7 cm³/mol. The van der Waals surface area contributed by atoms with E-state index in [4.69, 9.17) is 4.74 Å². The normalized spacial score (nSPS) is 47.0. The van der Waals surface area contributed by atoms with Gasteiger partial charge in [-0.1, -0.05) is 13.8 Å². The zero-order chi connectivity index (χ0) is 8.82. The molecule has 2 heteroatoms. The van der Waals surface area contributed by atoms with E-state index < -0.39 is 5.79 Å². The fourth-order valence-corrected chi connectivity index (χ4v) is 2.60. The average molecular weight is 170 g/mol. The smallest absolute Gasteiger partial charge is 0.166 e. The molecule has 0 spiro atoms. The van der Waals surface area contributed by atoms with Crippen molar-refractivity contribution in [1.29, 1.82) is 0 Å². The first-order valence-corrected chi connectivity index (χ1v) is 4.99. The van der Waals surface area contributed by atoms with E-state index in [-0.39, 0.29) is 5.60 Å². The second-order valence-electron chi connectivity index (χ2n) is 4.62. The van der Waals surface area contributed by atoms with Gasteiger partial charge in [0, 0.05) is 12.8 Å². The maximum atomic E-state index is 9.91. The van der Waals surface area contributed by atoms with Crippen molar-refractivity contribution in [3.63, 3.8) is 0 Å². The van der Waals surface area contributed by atoms with Gasteiger partial charge in [0.15, 0.2) is 5.79 Å². The van der Waals surface area contributed by atoms with Gasteiger partial charge in [-0.25, -0.2) is 0 Å². The molecule has 0 amide bonds. The highest BCUT2D eigenvalue weighted by atomic mass is 16.6. The van der Waals surface area contributed by atoms with E-state index in [0.29, 0.717) is 5.92 Å². The topological polar surface area (TPSA) is 29.5 Å². The molecule has 2 aliphatic rings. The molecule has 2 saturated heterocycles. The Morgan fingerprint density at radius 3 is 2.50 bits per heavy atom. The van der Waals surface area contributed by atoms with Crippen LogP contribution in [0, 0.1) is 5.92 Å². The van der Waals surface area contributed by atoms with Crippen molar-refractivity contribution in [2.75, 3.05) is 0 Å². The van der Waals surface area contributed by atoms with Crippen LogP contribution in [0.3, 0.4) is 0 Å². The van der Waals surface area contributed by atoms with Gasteiger partial charge in [-0.15, -0.1) is 0 Å². The molecule has 70 valence electrons. The second-order valence-corrected chi connectivity index (χ2v) is 4.62. The lowest BCUT2D eigenvalue weighted by Crippen LogP contribution is -2.43. The van der Waals surface area contributed by atoms with E-state index in [0.717, 1.165) is 32.1 Å². The van der Waals surface area contributed by atoms with Gasteiger partial charge in [-0.2, -0.15) is 0 Å². The lowest BCUT2D eigenvalue weighted by molar-refractivity contribution is -0.258. The molecule has 0 radical (unpaired) electrons. The standard InChI is InChI=1S/C10H18O2/c1-8(2)9-4-3-5-10(11,12-9)7-6-9/h8,11H,3-7H2,1-2H3/t9-,10+/m1/s1. The highest BCUT2D eigenvalue weighted by molar-refractivity contribution is 4.98. The highest BCUT2D eigenvalue weighted by Crippen LogP contribution is 2.50. The van der Waals surface area contributed by atoms with Gasteiger partial charge in [0.1, 0.15) is 0 Å². The van der Waals surface area contributed by atoms with Crippen LogP contribution in [0.15, 0.2) is 0 Å². The summed E-state index contributed by atoms with van der Waals surface area (Å²) in [7, 11) is 0. The predicted octanol–water partition coefficient (Wildman–Crippen LogP) is 2.06. The lowest BCUT2D eigenvalue weighted by atomic mass is 9.84. The molecule has 0 saturated carbocycles. The molecule has 0 aromatic heterocycles. The molecule has 0 aromatic rings. The van der Waals surface area contributed by atoms with E-state index >= 15 is 0 Å². The van der Waals surface area contributed by atoms with Crippen LogP contribution in [0.5, 0.6) is 0 Å². The number of hydrogen-bond donors (Lipinski definition) is 1. The number of ether oxygens (including phenoxy) is 1. The fraction of sp³-hybridized carbons (Fsp3) is 1.00. The summed E-state index contributed by atoms with van der Waals surface area (Å²) >= 11 is 0. The van der Waals surface area contributed by atoms with Crippen LogP contribution in [0.25, 0.3) is 0 Å². The van der Waals surface area contributed by atoms with Crippen molar-refractivity contribution >= 4 is 0 Å². The van der Waals surface area contributed by atoms with Gasteiger partial charge in [0.25, 0.3) is 0 Å². The Labute approximate surface area is 73.9 Å². The number of hydrogen-bond acceptors (Lipinski definition) is 2. The number of aliphatic hydroxyl groups is 1. The van der Waals surface area contributed by atoms with E-state index in [1.165, 1.54) is 0 Å². The molecule has 12 heavy (non-hydrogen) atoms. The summed E-state index contributed by atoms with van der Waals surface area (Å²) < 4.78 is 5.79. The minimum absolute atomic E-state index is 0.00694. The Bertz CT molecular complexity index is 190. The maximum absolute atomic E-state index is 9.91. The van der Waals surface area contributed by atoms with E-state index in [1.807, 2.05) is 0 Å². The molecule has 0 aromatic carbocycles. The van der Waals surface area contributed by atoms with Crippen LogP contribution in [-0.2, 0) is 4.74 Å². The minimum Gasteiger partial charge on any atom is -0.365 e. The third-order valence-electron chi connectivity index (χ3n) is 3.55. The third-order valence-corrected chi connectivity index (χ3v) is 3.55. The Morgan fingerprint density at radius 1 is 1.17 bits per heavy atom. The van der Waals surface area contributed by atoms with Gasteiger partial charge >= 0.3 is 0 Å². The molecule has 2 heterocycles. The van der Waals surface area contributed by atoms with Crippen molar-refractivity contribution in [3.8, 4) is 0 Å². The van der Waals surface area contributed by atoms with Gasteiger partial charge in [-0.3, -0.25) is 0 Å². The summed E-state index contributed by atoms with van der Waals surface area (Å²) in [5, 5.41) is 9.91. The molecule has 2 bridgehead atoms. The SMILES string of the molecule is CC(C)[C@@]12CCC[C@@](O)(CC1)O2. The summed E-state index contributed by atoms with van der Waals surface area (Å²) in [5.74, 6) is -0.227. The van der Waals surface area contributed by atoms with Crippen molar-refractivity contribution < 1.29 is 9.84 Å². The first kappa shape index (κ1) is 8.52. The van der Waals surface area contributed by atoms with Gasteiger partial charge in [-0.05, 0) is 25.2 Å². The van der Waals surface area contributed by atoms with Crippen molar-refractivity contribution in [3.05, 3.63) is 0 Å². The number of rotatable bonds is 1. The van der Waals surface area contributed by atoms with Gasteiger partial charge in [0.05, 0.1) is 5.60 Å². The Balaban J connectivity index is 2.20. The molecule has 0 aliphatic carbocycles. The first-order valence-electron chi connectivity index (χ1n) is 4.99. The Morgan fingerprint density at radius 2 is 1.92 bits per heavy atom. The summed E-state index contributed by atoms with van der Waals surface area (Å²) in [5.41, 5.74) is 0.00694. The maximum Gasteiger partial charge on any atom is 0.166 e. The van der Waals surface area contributed by atoms with E-state index in [1.54, 1.807) is 0 Å². The summed E-state index contributed by atoms with van der Waals surface area (Å²) in [4.78, 5) is 0. The van der Waals surface area contributed by atoms with E-state index in [9.17, 15) is 5.11 Å². The van der Waals surface area contributed by atoms with Crippen LogP contribution >= 0.6 is 0 Å². The van der Waals surface area contributed by atoms with Crippen molar-refractivity contribution in [2.45, 2.75) is 57.3 Å². The fourth-order valence-electron chi connectivity index (χ4n) is 2.60. The largest absolute Gasteiger partial charge is 0.365 e. The number of fused-ring (bicyclic) bond motifs is 2. The molecule has 2 fully saturated rings. The Kier molecular flexibility index (Phi) is 1.74. The second kappa shape index (κ2) is 2.46. The van der Waals surface area contributed by atoms with Crippen LogP contribution < -0.4 is 0 Å². The van der Waals surface area contributed by atoms with Crippen molar-refractivity contribution in [2.24, 2.45) is 5.92 Å². The van der Waals surface area contributed by atoms with Gasteiger partial charge < -0.3 is 9.84 Å². The summed E-state index contributed by atoms with van der Waals surface area (Å²) in [6, 6.07) is 0. The van der Waals surface area contributed by atoms with Crippen LogP contribution in [-0.4, -0.2) is 16.5 Å². The minimum atomic E-state index is -0.761. The lowest BCUT2D eigenvalue weighted by Gasteiger charge is -2.40. The molecule has 2 rings (SSSR count). The quantitative estimate of drug-likeness (QED) is 0.652. The molecule has 2 nitrogen and oxygen atoms in total. The van der Waals surface area contributed by atoms with Crippen LogP contribution in [0.2, 0.25) is 0 Å².